The van der Waals surface area contributed by atoms with Crippen LogP contribution >= 0.6 is 0 Å². The minimum Gasteiger partial charge on any atom is -0.504 e. The van der Waals surface area contributed by atoms with Crippen LogP contribution in [0.1, 0.15) is 31.8 Å². The van der Waals surface area contributed by atoms with E-state index >= 15 is 0 Å². The van der Waals surface area contributed by atoms with Gasteiger partial charge in [0.05, 0.1) is 25.6 Å². The predicted molar refractivity (Wildman–Crippen MR) is 131 cm³/mol. The lowest BCUT2D eigenvalue weighted by Crippen LogP contribution is -2.26. The van der Waals surface area contributed by atoms with E-state index in [4.69, 9.17) is 4.74 Å². The van der Waals surface area contributed by atoms with Gasteiger partial charge in [-0.1, -0.05) is 36.4 Å². The van der Waals surface area contributed by atoms with Gasteiger partial charge < -0.3 is 14.7 Å². The standard InChI is InChI=1S/C27H21N3O4/c1-34-24-14-18(10-13-23(24)31)15-28-29-26(32)20-11-8-17(9-12-20)16-30-22-7-3-5-19-4-2-6-21(25(19)22)27(30)33/h2-15,31H,16H2,1H3,(H,29,32). The van der Waals surface area contributed by atoms with Crippen LogP contribution in [0.2, 0.25) is 0 Å². The lowest BCUT2D eigenvalue weighted by Gasteiger charge is -2.18. The number of carbonyl (C=O) groups is 2. The molecule has 0 saturated heterocycles. The molecule has 0 aromatic heterocycles. The summed E-state index contributed by atoms with van der Waals surface area (Å²) in [7, 11) is 1.46. The minimum atomic E-state index is -0.358. The predicted octanol–water partition coefficient (Wildman–Crippen LogP) is 4.48. The zero-order valence-corrected chi connectivity index (χ0v) is 18.4. The van der Waals surface area contributed by atoms with Crippen molar-refractivity contribution in [1.82, 2.24) is 5.43 Å². The van der Waals surface area contributed by atoms with Crippen LogP contribution in [0, 0.1) is 0 Å². The Morgan fingerprint density at radius 1 is 1.06 bits per heavy atom. The van der Waals surface area contributed by atoms with Crippen LogP contribution < -0.4 is 15.1 Å². The summed E-state index contributed by atoms with van der Waals surface area (Å²) in [5.74, 6) is -0.0292. The van der Waals surface area contributed by atoms with E-state index in [0.717, 1.165) is 22.0 Å². The number of anilines is 1. The molecule has 1 heterocycles. The molecule has 0 aliphatic carbocycles. The van der Waals surface area contributed by atoms with Crippen molar-refractivity contribution in [2.24, 2.45) is 5.10 Å². The van der Waals surface area contributed by atoms with Crippen LogP contribution in [0.4, 0.5) is 5.69 Å². The molecule has 0 radical (unpaired) electrons. The van der Waals surface area contributed by atoms with Gasteiger partial charge in [-0.2, -0.15) is 5.10 Å². The second-order valence-corrected chi connectivity index (χ2v) is 7.90. The minimum absolute atomic E-state index is 0.0196. The Bertz CT molecular complexity index is 1440. The van der Waals surface area contributed by atoms with E-state index in [0.29, 0.717) is 29.0 Å². The first kappa shape index (κ1) is 21.2. The van der Waals surface area contributed by atoms with Crippen LogP contribution in [-0.2, 0) is 6.54 Å². The summed E-state index contributed by atoms with van der Waals surface area (Å²) in [6, 6.07) is 23.5. The molecule has 4 aromatic carbocycles. The van der Waals surface area contributed by atoms with E-state index in [1.54, 1.807) is 29.2 Å². The molecule has 7 heteroatoms. The van der Waals surface area contributed by atoms with Crippen LogP contribution in [0.3, 0.4) is 0 Å². The number of phenolic OH excluding ortho intramolecular Hbond substituents is 1. The number of hydrazone groups is 1. The number of methoxy groups -OCH3 is 1. The first-order valence-electron chi connectivity index (χ1n) is 10.7. The quantitative estimate of drug-likeness (QED) is 0.334. The maximum Gasteiger partial charge on any atom is 0.271 e. The number of nitrogens with zero attached hydrogens (tertiary/aromatic N) is 2. The van der Waals surface area contributed by atoms with Gasteiger partial charge in [-0.25, -0.2) is 5.43 Å². The number of ether oxygens (including phenoxy) is 1. The van der Waals surface area contributed by atoms with Gasteiger partial charge in [0, 0.05) is 16.5 Å². The van der Waals surface area contributed by atoms with Crippen molar-refractivity contribution < 1.29 is 19.4 Å². The molecular formula is C27H21N3O4. The van der Waals surface area contributed by atoms with E-state index in [-0.39, 0.29) is 17.6 Å². The average molecular weight is 451 g/mol. The van der Waals surface area contributed by atoms with Gasteiger partial charge in [0.15, 0.2) is 11.5 Å². The molecule has 168 valence electrons. The van der Waals surface area contributed by atoms with Crippen molar-refractivity contribution >= 4 is 34.5 Å². The molecule has 0 bridgehead atoms. The zero-order valence-electron chi connectivity index (χ0n) is 18.4. The van der Waals surface area contributed by atoms with Gasteiger partial charge >= 0.3 is 0 Å². The number of benzene rings is 4. The zero-order chi connectivity index (χ0) is 23.7. The fourth-order valence-corrected chi connectivity index (χ4v) is 4.08. The normalized spacial score (nSPS) is 12.5. The lowest BCUT2D eigenvalue weighted by molar-refractivity contribution is 0.0953. The van der Waals surface area contributed by atoms with Gasteiger partial charge in [0.1, 0.15) is 0 Å². The van der Waals surface area contributed by atoms with Crippen LogP contribution in [0.5, 0.6) is 11.5 Å². The van der Waals surface area contributed by atoms with E-state index in [9.17, 15) is 14.7 Å². The second-order valence-electron chi connectivity index (χ2n) is 7.90. The molecule has 7 nitrogen and oxygen atoms in total. The summed E-state index contributed by atoms with van der Waals surface area (Å²) in [4.78, 5) is 27.2. The molecule has 5 rings (SSSR count). The molecular weight excluding hydrogens is 430 g/mol. The second kappa shape index (κ2) is 8.71. The number of phenols is 1. The Morgan fingerprint density at radius 2 is 1.82 bits per heavy atom. The summed E-state index contributed by atoms with van der Waals surface area (Å²) in [5.41, 5.74) is 6.13. The monoisotopic (exact) mass is 451 g/mol. The number of carbonyl (C=O) groups excluding carboxylic acids is 2. The SMILES string of the molecule is COc1cc(C=NNC(=O)c2ccc(CN3C(=O)c4cccc5cccc3c45)cc2)ccc1O. The third-order valence-electron chi connectivity index (χ3n) is 5.79. The number of hydrogen-bond donors (Lipinski definition) is 2. The first-order valence-corrected chi connectivity index (χ1v) is 10.7. The third kappa shape index (κ3) is 3.84. The van der Waals surface area contributed by atoms with Crippen molar-refractivity contribution in [3.05, 3.63) is 101 Å². The molecule has 4 aromatic rings. The van der Waals surface area contributed by atoms with Crippen molar-refractivity contribution in [1.29, 1.82) is 0 Å². The molecule has 0 unspecified atom stereocenters. The van der Waals surface area contributed by atoms with E-state index in [1.165, 1.54) is 19.4 Å². The third-order valence-corrected chi connectivity index (χ3v) is 5.79. The van der Waals surface area contributed by atoms with Crippen molar-refractivity contribution in [2.45, 2.75) is 6.54 Å². The molecule has 1 aliphatic heterocycles. The molecule has 0 atom stereocenters. The Labute approximate surface area is 195 Å². The van der Waals surface area contributed by atoms with Crippen molar-refractivity contribution in [3.8, 4) is 11.5 Å². The molecule has 0 saturated carbocycles. The fraction of sp³-hybridized carbons (Fsp3) is 0.0741. The topological polar surface area (TPSA) is 91.2 Å². The summed E-state index contributed by atoms with van der Waals surface area (Å²) in [6.45, 7) is 0.412. The summed E-state index contributed by atoms with van der Waals surface area (Å²) >= 11 is 0. The number of nitrogens with one attached hydrogen (secondary N) is 1. The highest BCUT2D eigenvalue weighted by Gasteiger charge is 2.29. The highest BCUT2D eigenvalue weighted by atomic mass is 16.5. The van der Waals surface area contributed by atoms with E-state index in [2.05, 4.69) is 10.5 Å². The van der Waals surface area contributed by atoms with Crippen LogP contribution in [-0.4, -0.2) is 30.2 Å². The molecule has 2 amide bonds. The summed E-state index contributed by atoms with van der Waals surface area (Å²) < 4.78 is 5.06. The molecule has 0 fully saturated rings. The highest BCUT2D eigenvalue weighted by molar-refractivity contribution is 6.24. The van der Waals surface area contributed by atoms with Gasteiger partial charge in [0.25, 0.3) is 11.8 Å². The van der Waals surface area contributed by atoms with Gasteiger partial charge in [-0.3, -0.25) is 9.59 Å². The number of amides is 2. The Morgan fingerprint density at radius 3 is 2.59 bits per heavy atom. The van der Waals surface area contributed by atoms with E-state index < -0.39 is 0 Å². The average Bonchev–Trinajstić information content (AvgIpc) is 3.13. The van der Waals surface area contributed by atoms with E-state index in [1.807, 2.05) is 48.5 Å². The number of aromatic hydroxyl groups is 1. The van der Waals surface area contributed by atoms with Crippen molar-refractivity contribution in [3.63, 3.8) is 0 Å². The molecule has 0 spiro atoms. The van der Waals surface area contributed by atoms with Crippen LogP contribution in [0.25, 0.3) is 10.8 Å². The maximum absolute atomic E-state index is 13.0. The Hall–Kier alpha value is -4.65. The Kier molecular flexibility index (Phi) is 5.43. The lowest BCUT2D eigenvalue weighted by atomic mass is 10.1. The summed E-state index contributed by atoms with van der Waals surface area (Å²) in [5, 5.41) is 15.6. The summed E-state index contributed by atoms with van der Waals surface area (Å²) in [6.07, 6.45) is 1.46. The van der Waals surface area contributed by atoms with Crippen LogP contribution in [0.15, 0.2) is 84.0 Å². The molecule has 1 aliphatic rings. The maximum atomic E-state index is 13.0. The number of rotatable bonds is 6. The number of hydrogen-bond acceptors (Lipinski definition) is 5. The smallest absolute Gasteiger partial charge is 0.271 e. The van der Waals surface area contributed by atoms with Crippen molar-refractivity contribution in [2.75, 3.05) is 12.0 Å². The highest BCUT2D eigenvalue weighted by Crippen LogP contribution is 2.38. The van der Waals surface area contributed by atoms with Gasteiger partial charge in [0.2, 0.25) is 0 Å². The van der Waals surface area contributed by atoms with Gasteiger partial charge in [-0.15, -0.1) is 0 Å². The molecule has 2 N–H and O–H groups in total. The Balaban J connectivity index is 1.26. The first-order chi connectivity index (χ1) is 16.5. The largest absolute Gasteiger partial charge is 0.504 e. The fourth-order valence-electron chi connectivity index (χ4n) is 4.08. The van der Waals surface area contributed by atoms with Gasteiger partial charge in [-0.05, 0) is 59.0 Å². The molecule has 34 heavy (non-hydrogen) atoms.